The topological polar surface area (TPSA) is 132 Å². The van der Waals surface area contributed by atoms with Crippen LogP contribution in [0.2, 0.25) is 0 Å². The number of nitrogens with one attached hydrogen (secondary N) is 1. The molecule has 0 spiro atoms. The van der Waals surface area contributed by atoms with E-state index >= 15 is 0 Å². The number of aromatic nitrogens is 3. The lowest BCUT2D eigenvalue weighted by Gasteiger charge is -2.25. The van der Waals surface area contributed by atoms with Gasteiger partial charge in [0.25, 0.3) is 11.8 Å². The highest BCUT2D eigenvalue weighted by molar-refractivity contribution is 6.04. The van der Waals surface area contributed by atoms with Gasteiger partial charge in [0, 0.05) is 23.9 Å². The molecule has 9 nitrogen and oxygen atoms in total. The molecule has 4 aromatic rings. The number of imidazole rings is 1. The van der Waals surface area contributed by atoms with Crippen LogP contribution in [0.5, 0.6) is 0 Å². The second kappa shape index (κ2) is 11.8. The fraction of sp³-hybridized carbons (Fsp3) is 0.250. The number of carbonyl (C=O) groups is 2. The SMILES string of the molecule is C=C(CN1CCC[C@H]1c1nc(-c2ccc(C(=O)Nc3cc(C(C)C)ccn3)cc2)c(C(N)=O)n1N)c1ccccc1. The molecule has 1 aliphatic rings. The molecule has 2 amide bonds. The molecule has 0 unspecified atom stereocenters. The molecule has 1 saturated heterocycles. The monoisotopic (exact) mass is 549 g/mol. The molecule has 0 aliphatic carbocycles. The lowest BCUT2D eigenvalue weighted by Crippen LogP contribution is -2.30. The Labute approximate surface area is 239 Å². The van der Waals surface area contributed by atoms with E-state index in [2.05, 4.69) is 35.6 Å². The van der Waals surface area contributed by atoms with Gasteiger partial charge in [-0.15, -0.1) is 0 Å². The van der Waals surface area contributed by atoms with E-state index in [0.29, 0.717) is 40.9 Å². The quantitative estimate of drug-likeness (QED) is 0.252. The summed E-state index contributed by atoms with van der Waals surface area (Å²) in [4.78, 5) is 36.8. The van der Waals surface area contributed by atoms with Gasteiger partial charge in [-0.25, -0.2) is 14.6 Å². The van der Waals surface area contributed by atoms with Crippen LogP contribution in [0.15, 0.2) is 79.5 Å². The molecule has 3 heterocycles. The number of anilines is 1. The highest BCUT2D eigenvalue weighted by Gasteiger charge is 2.33. The molecule has 1 atom stereocenters. The van der Waals surface area contributed by atoms with Gasteiger partial charge in [0.2, 0.25) is 0 Å². The molecule has 0 saturated carbocycles. The van der Waals surface area contributed by atoms with Crippen molar-refractivity contribution in [3.8, 4) is 11.3 Å². The predicted molar refractivity (Wildman–Crippen MR) is 162 cm³/mol. The number of nitrogen functional groups attached to an aromatic ring is 1. The summed E-state index contributed by atoms with van der Waals surface area (Å²) in [5.74, 6) is 6.88. The first-order valence-electron chi connectivity index (χ1n) is 13.8. The molecule has 0 bridgehead atoms. The van der Waals surface area contributed by atoms with E-state index in [1.807, 2.05) is 42.5 Å². The van der Waals surface area contributed by atoms with Crippen molar-refractivity contribution >= 4 is 23.2 Å². The maximum absolute atomic E-state index is 12.9. The van der Waals surface area contributed by atoms with Gasteiger partial charge in [0.15, 0.2) is 5.69 Å². The summed E-state index contributed by atoms with van der Waals surface area (Å²) in [5.41, 5.74) is 10.5. The minimum Gasteiger partial charge on any atom is -0.364 e. The second-order valence-corrected chi connectivity index (χ2v) is 10.7. The van der Waals surface area contributed by atoms with Gasteiger partial charge >= 0.3 is 0 Å². The summed E-state index contributed by atoms with van der Waals surface area (Å²) in [5, 5.41) is 2.85. The van der Waals surface area contributed by atoms with Crippen molar-refractivity contribution < 1.29 is 9.59 Å². The van der Waals surface area contributed by atoms with Crippen LogP contribution in [0.3, 0.4) is 0 Å². The average molecular weight is 550 g/mol. The number of benzene rings is 2. The molecule has 1 fully saturated rings. The fourth-order valence-electron chi connectivity index (χ4n) is 5.28. The highest BCUT2D eigenvalue weighted by Crippen LogP contribution is 2.35. The largest absolute Gasteiger partial charge is 0.364 e. The summed E-state index contributed by atoms with van der Waals surface area (Å²) < 4.78 is 1.32. The van der Waals surface area contributed by atoms with E-state index in [1.54, 1.807) is 30.5 Å². The van der Waals surface area contributed by atoms with Crippen LogP contribution < -0.4 is 16.9 Å². The maximum Gasteiger partial charge on any atom is 0.269 e. The standard InChI is InChI=1S/C32H35N7O2/c1-20(2)25-15-16-35-27(18-25)36-32(41)24-13-11-23(12-14-24)28-29(30(33)40)39(34)31(37-28)26-10-7-17-38(26)19-21(3)22-8-5-4-6-9-22/h4-6,8-9,11-16,18,20,26H,3,7,10,17,19,34H2,1-2H3,(H2,33,40)(H,35,36,41)/t26-/m0/s1. The van der Waals surface area contributed by atoms with E-state index in [1.165, 1.54) is 4.68 Å². The van der Waals surface area contributed by atoms with Gasteiger partial charge in [0.1, 0.15) is 17.3 Å². The average Bonchev–Trinajstić information content (AvgIpc) is 3.57. The molecule has 5 rings (SSSR count). The third-order valence-corrected chi connectivity index (χ3v) is 7.52. The number of likely N-dealkylation sites (tertiary alicyclic amines) is 1. The molecule has 41 heavy (non-hydrogen) atoms. The van der Waals surface area contributed by atoms with Gasteiger partial charge < -0.3 is 16.9 Å². The Morgan fingerprint density at radius 1 is 1.07 bits per heavy atom. The summed E-state index contributed by atoms with van der Waals surface area (Å²) in [7, 11) is 0. The van der Waals surface area contributed by atoms with Crippen LogP contribution in [0.1, 0.15) is 76.4 Å². The number of nitrogens with zero attached hydrogens (tertiary/aromatic N) is 4. The van der Waals surface area contributed by atoms with E-state index in [-0.39, 0.29) is 17.6 Å². The Hall–Kier alpha value is -4.76. The molecule has 9 heteroatoms. The van der Waals surface area contributed by atoms with Crippen LogP contribution in [-0.4, -0.2) is 44.4 Å². The van der Waals surface area contributed by atoms with Crippen molar-refractivity contribution in [2.24, 2.45) is 5.73 Å². The van der Waals surface area contributed by atoms with Crippen molar-refractivity contribution in [2.75, 3.05) is 24.2 Å². The maximum atomic E-state index is 12.9. The van der Waals surface area contributed by atoms with Gasteiger partial charge in [-0.1, -0.05) is 62.9 Å². The number of rotatable bonds is 9. The number of primary amides is 1. The van der Waals surface area contributed by atoms with E-state index < -0.39 is 5.91 Å². The number of pyridine rings is 1. The predicted octanol–water partition coefficient (Wildman–Crippen LogP) is 4.98. The van der Waals surface area contributed by atoms with Crippen molar-refractivity contribution in [3.63, 3.8) is 0 Å². The lowest BCUT2D eigenvalue weighted by molar-refractivity contribution is 0.0991. The first-order chi connectivity index (χ1) is 19.7. The van der Waals surface area contributed by atoms with Crippen LogP contribution in [0.4, 0.5) is 5.82 Å². The first kappa shape index (κ1) is 27.8. The summed E-state index contributed by atoms with van der Waals surface area (Å²) in [6, 6.07) is 20.6. The van der Waals surface area contributed by atoms with Gasteiger partial charge in [-0.3, -0.25) is 14.5 Å². The smallest absolute Gasteiger partial charge is 0.269 e. The summed E-state index contributed by atoms with van der Waals surface area (Å²) >= 11 is 0. The molecular formula is C32H35N7O2. The molecule has 2 aromatic carbocycles. The van der Waals surface area contributed by atoms with E-state index in [0.717, 1.165) is 36.1 Å². The zero-order valence-corrected chi connectivity index (χ0v) is 23.4. The summed E-state index contributed by atoms with van der Waals surface area (Å²) in [6.45, 7) is 9.97. The molecule has 210 valence electrons. The fourth-order valence-corrected chi connectivity index (χ4v) is 5.28. The minimum atomic E-state index is -0.669. The van der Waals surface area contributed by atoms with Crippen molar-refractivity contribution in [2.45, 2.75) is 38.6 Å². The zero-order chi connectivity index (χ0) is 29.1. The Kier molecular flexibility index (Phi) is 7.98. The number of hydrogen-bond donors (Lipinski definition) is 3. The van der Waals surface area contributed by atoms with Crippen LogP contribution in [0, 0.1) is 0 Å². The molecule has 2 aromatic heterocycles. The third kappa shape index (κ3) is 5.90. The lowest BCUT2D eigenvalue weighted by atomic mass is 10.0. The van der Waals surface area contributed by atoms with Crippen LogP contribution >= 0.6 is 0 Å². The normalized spacial score (nSPS) is 15.2. The van der Waals surface area contributed by atoms with E-state index in [4.69, 9.17) is 16.6 Å². The number of carbonyl (C=O) groups excluding carboxylic acids is 2. The Morgan fingerprint density at radius 3 is 2.49 bits per heavy atom. The molecule has 1 aliphatic heterocycles. The van der Waals surface area contributed by atoms with Crippen LogP contribution in [0.25, 0.3) is 16.8 Å². The number of amides is 2. The second-order valence-electron chi connectivity index (χ2n) is 10.7. The summed E-state index contributed by atoms with van der Waals surface area (Å²) in [6.07, 6.45) is 3.50. The third-order valence-electron chi connectivity index (χ3n) is 7.52. The Bertz CT molecular complexity index is 1580. The zero-order valence-electron chi connectivity index (χ0n) is 23.4. The van der Waals surface area contributed by atoms with Crippen molar-refractivity contribution in [3.05, 3.63) is 108 Å². The van der Waals surface area contributed by atoms with Gasteiger partial charge in [-0.05, 0) is 66.3 Å². The first-order valence-corrected chi connectivity index (χ1v) is 13.8. The molecule has 5 N–H and O–H groups in total. The number of hydrogen-bond acceptors (Lipinski definition) is 6. The van der Waals surface area contributed by atoms with Crippen molar-refractivity contribution in [1.82, 2.24) is 19.5 Å². The number of nitrogens with two attached hydrogens (primary N) is 2. The Morgan fingerprint density at radius 2 is 1.80 bits per heavy atom. The highest BCUT2D eigenvalue weighted by atomic mass is 16.2. The van der Waals surface area contributed by atoms with Crippen molar-refractivity contribution in [1.29, 1.82) is 0 Å². The van der Waals surface area contributed by atoms with Gasteiger partial charge in [0.05, 0.1) is 6.04 Å². The molecular weight excluding hydrogens is 514 g/mol. The van der Waals surface area contributed by atoms with E-state index in [9.17, 15) is 9.59 Å². The minimum absolute atomic E-state index is 0.0912. The molecule has 0 radical (unpaired) electrons. The van der Waals surface area contributed by atoms with Crippen LogP contribution in [-0.2, 0) is 0 Å². The Balaban J connectivity index is 1.38. The van der Waals surface area contributed by atoms with Gasteiger partial charge in [-0.2, -0.15) is 0 Å².